The Kier molecular flexibility index (Phi) is 5.21. The van der Waals surface area contributed by atoms with Gasteiger partial charge in [0.15, 0.2) is 5.78 Å². The van der Waals surface area contributed by atoms with Crippen LogP contribution in [0, 0.1) is 5.92 Å². The van der Waals surface area contributed by atoms with Crippen molar-refractivity contribution in [3.8, 4) is 5.75 Å². The molecule has 0 bridgehead atoms. The zero-order chi connectivity index (χ0) is 18.6. The van der Waals surface area contributed by atoms with Crippen LogP contribution in [0.3, 0.4) is 0 Å². The van der Waals surface area contributed by atoms with Gasteiger partial charge in [0.25, 0.3) is 0 Å². The number of carbonyl (C=O) groups excluding carboxylic acids is 1. The molecule has 1 fully saturated rings. The lowest BCUT2D eigenvalue weighted by Gasteiger charge is -2.31. The standard InChI is InChI=1S/C24H25NO2/c1-27-23-10-8-20(9-11-23)24(26)21-12-14-25(15-13-21)17-18-6-7-19-4-2-3-5-22(19)16-18/h2-11,16,21H,12-15,17H2,1H3. The van der Waals surface area contributed by atoms with Crippen molar-refractivity contribution in [3.63, 3.8) is 0 Å². The molecular weight excluding hydrogens is 334 g/mol. The highest BCUT2D eigenvalue weighted by Crippen LogP contribution is 2.25. The first-order valence-corrected chi connectivity index (χ1v) is 9.61. The van der Waals surface area contributed by atoms with Gasteiger partial charge in [0, 0.05) is 18.0 Å². The van der Waals surface area contributed by atoms with Crippen LogP contribution in [-0.4, -0.2) is 30.9 Å². The van der Waals surface area contributed by atoms with Crippen molar-refractivity contribution in [2.45, 2.75) is 19.4 Å². The molecule has 4 rings (SSSR count). The molecule has 1 aliphatic heterocycles. The Morgan fingerprint density at radius 2 is 1.67 bits per heavy atom. The number of fused-ring (bicyclic) bond motifs is 1. The predicted octanol–water partition coefficient (Wildman–Crippen LogP) is 4.94. The molecule has 3 nitrogen and oxygen atoms in total. The normalized spacial score (nSPS) is 15.7. The van der Waals surface area contributed by atoms with Crippen LogP contribution < -0.4 is 4.74 Å². The molecule has 0 radical (unpaired) electrons. The Labute approximate surface area is 160 Å². The molecule has 3 aromatic rings. The number of methoxy groups -OCH3 is 1. The van der Waals surface area contributed by atoms with E-state index in [1.54, 1.807) is 7.11 Å². The number of benzene rings is 3. The Bertz CT molecular complexity index is 925. The summed E-state index contributed by atoms with van der Waals surface area (Å²) < 4.78 is 5.17. The number of piperidine rings is 1. The monoisotopic (exact) mass is 359 g/mol. The van der Waals surface area contributed by atoms with Crippen molar-refractivity contribution in [1.82, 2.24) is 4.90 Å². The number of hydrogen-bond acceptors (Lipinski definition) is 3. The van der Waals surface area contributed by atoms with E-state index in [2.05, 4.69) is 47.4 Å². The summed E-state index contributed by atoms with van der Waals surface area (Å²) >= 11 is 0. The van der Waals surface area contributed by atoms with Gasteiger partial charge in [-0.1, -0.05) is 36.4 Å². The topological polar surface area (TPSA) is 29.5 Å². The minimum atomic E-state index is 0.131. The quantitative estimate of drug-likeness (QED) is 0.604. The molecule has 0 N–H and O–H groups in total. The molecule has 1 saturated heterocycles. The van der Waals surface area contributed by atoms with Gasteiger partial charge in [0.1, 0.15) is 5.75 Å². The zero-order valence-corrected chi connectivity index (χ0v) is 15.7. The molecule has 1 heterocycles. The minimum Gasteiger partial charge on any atom is -0.497 e. The average molecular weight is 359 g/mol. The van der Waals surface area contributed by atoms with Crippen LogP contribution in [0.5, 0.6) is 5.75 Å². The molecule has 0 unspecified atom stereocenters. The molecule has 3 heteroatoms. The molecule has 0 aliphatic carbocycles. The molecule has 0 aromatic heterocycles. The summed E-state index contributed by atoms with van der Waals surface area (Å²) in [4.78, 5) is 15.2. The van der Waals surface area contributed by atoms with Crippen LogP contribution in [0.15, 0.2) is 66.7 Å². The molecule has 138 valence electrons. The third kappa shape index (κ3) is 4.04. The summed E-state index contributed by atoms with van der Waals surface area (Å²) in [6, 6.07) is 22.7. The maximum absolute atomic E-state index is 12.8. The van der Waals surface area contributed by atoms with E-state index in [0.717, 1.165) is 43.8 Å². The van der Waals surface area contributed by atoms with E-state index in [0.29, 0.717) is 0 Å². The Hall–Kier alpha value is -2.65. The highest BCUT2D eigenvalue weighted by molar-refractivity contribution is 5.98. The minimum absolute atomic E-state index is 0.131. The van der Waals surface area contributed by atoms with E-state index >= 15 is 0 Å². The van der Waals surface area contributed by atoms with Crippen LogP contribution in [0.4, 0.5) is 0 Å². The van der Waals surface area contributed by atoms with E-state index in [4.69, 9.17) is 4.74 Å². The molecule has 0 atom stereocenters. The van der Waals surface area contributed by atoms with Gasteiger partial charge in [-0.05, 0) is 72.6 Å². The van der Waals surface area contributed by atoms with E-state index in [1.807, 2.05) is 24.3 Å². The maximum Gasteiger partial charge on any atom is 0.166 e. The van der Waals surface area contributed by atoms with Gasteiger partial charge in [-0.25, -0.2) is 0 Å². The number of hydrogen-bond donors (Lipinski definition) is 0. The van der Waals surface area contributed by atoms with E-state index in [-0.39, 0.29) is 11.7 Å². The Balaban J connectivity index is 1.35. The first-order chi connectivity index (χ1) is 13.2. The largest absolute Gasteiger partial charge is 0.497 e. The van der Waals surface area contributed by atoms with Crippen molar-refractivity contribution in [1.29, 1.82) is 0 Å². The van der Waals surface area contributed by atoms with Crippen molar-refractivity contribution >= 4 is 16.6 Å². The molecule has 0 spiro atoms. The number of Topliss-reactive ketones (excluding diaryl/α,β-unsaturated/α-hetero) is 1. The predicted molar refractivity (Wildman–Crippen MR) is 109 cm³/mol. The second kappa shape index (κ2) is 7.93. The van der Waals surface area contributed by atoms with Crippen molar-refractivity contribution < 1.29 is 9.53 Å². The van der Waals surface area contributed by atoms with Crippen LogP contribution in [0.25, 0.3) is 10.8 Å². The number of ether oxygens (including phenoxy) is 1. The number of nitrogens with zero attached hydrogens (tertiary/aromatic N) is 1. The van der Waals surface area contributed by atoms with E-state index in [9.17, 15) is 4.79 Å². The SMILES string of the molecule is COc1ccc(C(=O)C2CCN(Cc3ccc4ccccc4c3)CC2)cc1. The summed E-state index contributed by atoms with van der Waals surface area (Å²) in [5, 5.41) is 2.57. The van der Waals surface area contributed by atoms with Crippen LogP contribution >= 0.6 is 0 Å². The first kappa shape index (κ1) is 17.7. The second-order valence-corrected chi connectivity index (χ2v) is 7.32. The summed E-state index contributed by atoms with van der Waals surface area (Å²) in [7, 11) is 1.64. The lowest BCUT2D eigenvalue weighted by atomic mass is 9.88. The lowest BCUT2D eigenvalue weighted by Crippen LogP contribution is -2.35. The third-order valence-corrected chi connectivity index (χ3v) is 5.55. The van der Waals surface area contributed by atoms with Crippen molar-refractivity contribution in [3.05, 3.63) is 77.9 Å². The number of rotatable bonds is 5. The summed E-state index contributed by atoms with van der Waals surface area (Å²) in [6.45, 7) is 2.90. The summed E-state index contributed by atoms with van der Waals surface area (Å²) in [5.74, 6) is 1.19. The lowest BCUT2D eigenvalue weighted by molar-refractivity contribution is 0.0835. The zero-order valence-electron chi connectivity index (χ0n) is 15.7. The summed E-state index contributed by atoms with van der Waals surface area (Å²) in [6.07, 6.45) is 1.86. The molecule has 0 amide bonds. The van der Waals surface area contributed by atoms with Gasteiger partial charge in [0.05, 0.1) is 7.11 Å². The van der Waals surface area contributed by atoms with Crippen molar-refractivity contribution in [2.24, 2.45) is 5.92 Å². The summed E-state index contributed by atoms with van der Waals surface area (Å²) in [5.41, 5.74) is 2.14. The van der Waals surface area contributed by atoms with Gasteiger partial charge in [-0.15, -0.1) is 0 Å². The Morgan fingerprint density at radius 1 is 0.963 bits per heavy atom. The van der Waals surface area contributed by atoms with Crippen LogP contribution in [-0.2, 0) is 6.54 Å². The molecule has 1 aliphatic rings. The second-order valence-electron chi connectivity index (χ2n) is 7.32. The van der Waals surface area contributed by atoms with Gasteiger partial charge in [-0.2, -0.15) is 0 Å². The van der Waals surface area contributed by atoms with Gasteiger partial charge in [-0.3, -0.25) is 9.69 Å². The van der Waals surface area contributed by atoms with Crippen LogP contribution in [0.2, 0.25) is 0 Å². The first-order valence-electron chi connectivity index (χ1n) is 9.61. The molecule has 3 aromatic carbocycles. The van der Waals surface area contributed by atoms with Gasteiger partial charge >= 0.3 is 0 Å². The number of ketones is 1. The molecule has 0 saturated carbocycles. The molecular formula is C24H25NO2. The number of likely N-dealkylation sites (tertiary alicyclic amines) is 1. The highest BCUT2D eigenvalue weighted by Gasteiger charge is 2.25. The highest BCUT2D eigenvalue weighted by atomic mass is 16.5. The number of carbonyl (C=O) groups is 1. The smallest absolute Gasteiger partial charge is 0.166 e. The van der Waals surface area contributed by atoms with Gasteiger partial charge in [0.2, 0.25) is 0 Å². The fraction of sp³-hybridized carbons (Fsp3) is 0.292. The third-order valence-electron chi connectivity index (χ3n) is 5.55. The van der Waals surface area contributed by atoms with Crippen molar-refractivity contribution in [2.75, 3.05) is 20.2 Å². The maximum atomic E-state index is 12.8. The Morgan fingerprint density at radius 3 is 2.37 bits per heavy atom. The van der Waals surface area contributed by atoms with Gasteiger partial charge < -0.3 is 4.74 Å². The van der Waals surface area contributed by atoms with E-state index < -0.39 is 0 Å². The molecule has 27 heavy (non-hydrogen) atoms. The average Bonchev–Trinajstić information content (AvgIpc) is 2.74. The van der Waals surface area contributed by atoms with E-state index in [1.165, 1.54) is 16.3 Å². The van der Waals surface area contributed by atoms with Crippen LogP contribution in [0.1, 0.15) is 28.8 Å². The fourth-order valence-corrected chi connectivity index (χ4v) is 3.94. The fourth-order valence-electron chi connectivity index (χ4n) is 3.94.